The number of rotatable bonds is 7. The summed E-state index contributed by atoms with van der Waals surface area (Å²) in [5.41, 5.74) is 4.12. The lowest BCUT2D eigenvalue weighted by Crippen LogP contribution is -2.29. The van der Waals surface area contributed by atoms with E-state index in [4.69, 9.17) is 0 Å². The third-order valence-electron chi connectivity index (χ3n) is 3.38. The minimum absolute atomic E-state index is 0.0445. The minimum atomic E-state index is 0.0445. The van der Waals surface area contributed by atoms with Crippen LogP contribution in [-0.4, -0.2) is 34.2 Å². The number of carbonyl (C=O) groups excluding carboxylic acids is 1. The molecule has 6 nitrogen and oxygen atoms in total. The number of anilines is 1. The standard InChI is InChI=1S/C15H21N5O/c1-11-12(2)19-20-14(11)5-6-15(21)18-9-8-17-13-4-3-7-16-10-13/h3-4,7,10,17H,5-6,8-9H2,1-2H3,(H,18,21)(H,19,20). The van der Waals surface area contributed by atoms with E-state index in [2.05, 4.69) is 25.8 Å². The van der Waals surface area contributed by atoms with E-state index >= 15 is 0 Å². The van der Waals surface area contributed by atoms with Gasteiger partial charge in [0.25, 0.3) is 0 Å². The highest BCUT2D eigenvalue weighted by Crippen LogP contribution is 2.10. The van der Waals surface area contributed by atoms with Gasteiger partial charge in [-0.05, 0) is 31.5 Å². The summed E-state index contributed by atoms with van der Waals surface area (Å²) in [7, 11) is 0. The molecule has 2 aromatic heterocycles. The summed E-state index contributed by atoms with van der Waals surface area (Å²) in [5, 5.41) is 13.2. The second-order valence-electron chi connectivity index (χ2n) is 4.94. The number of H-pyrrole nitrogens is 1. The molecule has 0 atom stereocenters. The molecule has 1 amide bonds. The smallest absolute Gasteiger partial charge is 0.220 e. The van der Waals surface area contributed by atoms with Crippen molar-refractivity contribution in [2.45, 2.75) is 26.7 Å². The molecular formula is C15H21N5O. The van der Waals surface area contributed by atoms with Crippen LogP contribution in [0.25, 0.3) is 0 Å². The van der Waals surface area contributed by atoms with Gasteiger partial charge in [0.15, 0.2) is 0 Å². The molecule has 21 heavy (non-hydrogen) atoms. The second kappa shape index (κ2) is 7.42. The van der Waals surface area contributed by atoms with Gasteiger partial charge >= 0.3 is 0 Å². The van der Waals surface area contributed by atoms with E-state index in [0.717, 1.165) is 22.6 Å². The molecule has 0 radical (unpaired) electrons. The zero-order chi connectivity index (χ0) is 15.1. The molecule has 0 saturated heterocycles. The predicted octanol–water partition coefficient (Wildman–Crippen LogP) is 1.58. The number of aromatic nitrogens is 3. The van der Waals surface area contributed by atoms with Crippen LogP contribution in [0.15, 0.2) is 24.5 Å². The Balaban J connectivity index is 1.63. The summed E-state index contributed by atoms with van der Waals surface area (Å²) in [6, 6.07) is 3.81. The van der Waals surface area contributed by atoms with E-state index in [1.165, 1.54) is 0 Å². The first-order valence-corrected chi connectivity index (χ1v) is 7.08. The Hall–Kier alpha value is -2.37. The number of pyridine rings is 1. The lowest BCUT2D eigenvalue weighted by molar-refractivity contribution is -0.120. The van der Waals surface area contributed by atoms with Gasteiger partial charge in [0.1, 0.15) is 0 Å². The number of nitrogens with one attached hydrogen (secondary N) is 3. The molecule has 0 aromatic carbocycles. The third-order valence-corrected chi connectivity index (χ3v) is 3.38. The molecule has 0 bridgehead atoms. The first-order chi connectivity index (χ1) is 10.2. The molecule has 6 heteroatoms. The Morgan fingerprint density at radius 2 is 2.19 bits per heavy atom. The Kier molecular flexibility index (Phi) is 5.31. The maximum Gasteiger partial charge on any atom is 0.220 e. The zero-order valence-corrected chi connectivity index (χ0v) is 12.4. The van der Waals surface area contributed by atoms with E-state index < -0.39 is 0 Å². The number of amides is 1. The van der Waals surface area contributed by atoms with Crippen molar-refractivity contribution in [3.63, 3.8) is 0 Å². The van der Waals surface area contributed by atoms with Gasteiger partial charge < -0.3 is 10.6 Å². The van der Waals surface area contributed by atoms with Crippen LogP contribution in [-0.2, 0) is 11.2 Å². The molecule has 0 fully saturated rings. The van der Waals surface area contributed by atoms with Crippen LogP contribution in [0.2, 0.25) is 0 Å². The summed E-state index contributed by atoms with van der Waals surface area (Å²) in [4.78, 5) is 15.8. The second-order valence-corrected chi connectivity index (χ2v) is 4.94. The third kappa shape index (κ3) is 4.59. The van der Waals surface area contributed by atoms with Crippen LogP contribution < -0.4 is 10.6 Å². The fourth-order valence-corrected chi connectivity index (χ4v) is 1.98. The average molecular weight is 287 g/mol. The largest absolute Gasteiger partial charge is 0.382 e. The molecule has 0 spiro atoms. The summed E-state index contributed by atoms with van der Waals surface area (Å²) in [6.07, 6.45) is 4.60. The van der Waals surface area contributed by atoms with Gasteiger partial charge in [-0.15, -0.1) is 0 Å². The zero-order valence-electron chi connectivity index (χ0n) is 12.4. The number of carbonyl (C=O) groups is 1. The average Bonchev–Trinajstić information content (AvgIpc) is 2.82. The molecular weight excluding hydrogens is 266 g/mol. The number of aryl methyl sites for hydroxylation is 2. The summed E-state index contributed by atoms with van der Waals surface area (Å²) in [5.74, 6) is 0.0445. The highest BCUT2D eigenvalue weighted by molar-refractivity contribution is 5.76. The lowest BCUT2D eigenvalue weighted by atomic mass is 10.1. The number of nitrogens with zero attached hydrogens (tertiary/aromatic N) is 2. The fourth-order valence-electron chi connectivity index (χ4n) is 1.98. The highest BCUT2D eigenvalue weighted by atomic mass is 16.1. The van der Waals surface area contributed by atoms with Gasteiger partial charge in [-0.2, -0.15) is 5.10 Å². The van der Waals surface area contributed by atoms with Crippen molar-refractivity contribution in [3.05, 3.63) is 41.5 Å². The molecule has 0 aliphatic heterocycles. The molecule has 0 unspecified atom stereocenters. The Morgan fingerprint density at radius 1 is 1.33 bits per heavy atom. The normalized spacial score (nSPS) is 10.4. The van der Waals surface area contributed by atoms with E-state index in [0.29, 0.717) is 25.9 Å². The minimum Gasteiger partial charge on any atom is -0.382 e. The van der Waals surface area contributed by atoms with Crippen molar-refractivity contribution >= 4 is 11.6 Å². The Labute approximate surface area is 124 Å². The van der Waals surface area contributed by atoms with Crippen molar-refractivity contribution in [3.8, 4) is 0 Å². The van der Waals surface area contributed by atoms with Crippen molar-refractivity contribution in [1.29, 1.82) is 0 Å². The number of aromatic amines is 1. The van der Waals surface area contributed by atoms with E-state index in [1.54, 1.807) is 12.4 Å². The topological polar surface area (TPSA) is 82.7 Å². The van der Waals surface area contributed by atoms with Crippen molar-refractivity contribution < 1.29 is 4.79 Å². The van der Waals surface area contributed by atoms with Crippen LogP contribution in [0, 0.1) is 13.8 Å². The van der Waals surface area contributed by atoms with Crippen molar-refractivity contribution in [2.75, 3.05) is 18.4 Å². The molecule has 3 N–H and O–H groups in total. The predicted molar refractivity (Wildman–Crippen MR) is 82.1 cm³/mol. The molecule has 0 aliphatic carbocycles. The summed E-state index contributed by atoms with van der Waals surface area (Å²) in [6.45, 7) is 5.27. The molecule has 0 saturated carbocycles. The number of hydrogen-bond acceptors (Lipinski definition) is 4. The van der Waals surface area contributed by atoms with Crippen LogP contribution >= 0.6 is 0 Å². The first-order valence-electron chi connectivity index (χ1n) is 7.08. The SMILES string of the molecule is Cc1[nH]nc(CCC(=O)NCCNc2cccnc2)c1C. The van der Waals surface area contributed by atoms with E-state index in [-0.39, 0.29) is 5.91 Å². The van der Waals surface area contributed by atoms with Gasteiger partial charge in [0.2, 0.25) is 5.91 Å². The molecule has 0 aliphatic rings. The maximum absolute atomic E-state index is 11.8. The van der Waals surface area contributed by atoms with Crippen LogP contribution in [0.5, 0.6) is 0 Å². The van der Waals surface area contributed by atoms with E-state index in [9.17, 15) is 4.79 Å². The highest BCUT2D eigenvalue weighted by Gasteiger charge is 2.08. The van der Waals surface area contributed by atoms with Gasteiger partial charge in [0.05, 0.1) is 11.4 Å². The number of hydrogen-bond donors (Lipinski definition) is 3. The van der Waals surface area contributed by atoms with Crippen LogP contribution in [0.4, 0.5) is 5.69 Å². The first kappa shape index (κ1) is 15.0. The van der Waals surface area contributed by atoms with Gasteiger partial charge in [-0.1, -0.05) is 0 Å². The van der Waals surface area contributed by atoms with Crippen molar-refractivity contribution in [1.82, 2.24) is 20.5 Å². The van der Waals surface area contributed by atoms with Crippen molar-refractivity contribution in [2.24, 2.45) is 0 Å². The lowest BCUT2D eigenvalue weighted by Gasteiger charge is -2.07. The molecule has 2 aromatic rings. The summed E-state index contributed by atoms with van der Waals surface area (Å²) < 4.78 is 0. The van der Waals surface area contributed by atoms with Gasteiger partial charge in [-0.25, -0.2) is 0 Å². The van der Waals surface area contributed by atoms with Gasteiger partial charge in [0, 0.05) is 44.0 Å². The quantitative estimate of drug-likeness (QED) is 0.675. The summed E-state index contributed by atoms with van der Waals surface area (Å²) >= 11 is 0. The molecule has 2 heterocycles. The maximum atomic E-state index is 11.8. The van der Waals surface area contributed by atoms with Crippen LogP contribution in [0.3, 0.4) is 0 Å². The van der Waals surface area contributed by atoms with E-state index in [1.807, 2.05) is 26.0 Å². The molecule has 112 valence electrons. The fraction of sp³-hybridized carbons (Fsp3) is 0.400. The monoisotopic (exact) mass is 287 g/mol. The Bertz CT molecular complexity index is 579. The Morgan fingerprint density at radius 3 is 2.86 bits per heavy atom. The van der Waals surface area contributed by atoms with Crippen LogP contribution in [0.1, 0.15) is 23.4 Å². The molecule has 2 rings (SSSR count). The van der Waals surface area contributed by atoms with Gasteiger partial charge in [-0.3, -0.25) is 14.9 Å².